The molecule has 3 aromatic rings. The van der Waals surface area contributed by atoms with Crippen LogP contribution in [0.25, 0.3) is 11.1 Å². The number of alkyl halides is 3. The Morgan fingerprint density at radius 1 is 1.21 bits per heavy atom. The molecule has 2 fully saturated rings. The standard InChI is InChI=1S/C31H35F3N6O2/c1-3-42-31(41)29(28-26-12-20(32)15-39(26)17-37-28)36-14-25-24(30(33)34)13-23(18(2)27(25)35)19-4-6-21(7-5-19)40-11-10-38-9-8-22(40)16-38/h4-7,13-14,17,20,22,29-30H,3,8-12,15-16,35H2,1-2H3/t20-,22?,29?/m1/s1. The molecule has 11 heteroatoms. The van der Waals surface area contributed by atoms with Crippen LogP contribution in [-0.4, -0.2) is 71.6 Å². The molecule has 4 atom stereocenters. The van der Waals surface area contributed by atoms with Crippen LogP contribution in [0.2, 0.25) is 0 Å². The molecule has 3 aliphatic rings. The van der Waals surface area contributed by atoms with Gasteiger partial charge in [0, 0.05) is 73.1 Å². The maximum Gasteiger partial charge on any atom is 0.337 e. The second kappa shape index (κ2) is 11.4. The van der Waals surface area contributed by atoms with E-state index in [9.17, 15) is 18.0 Å². The van der Waals surface area contributed by atoms with E-state index >= 15 is 0 Å². The molecule has 2 bridgehead atoms. The molecule has 0 radical (unpaired) electrons. The van der Waals surface area contributed by atoms with Crippen molar-refractivity contribution >= 4 is 23.6 Å². The van der Waals surface area contributed by atoms with Crippen LogP contribution < -0.4 is 10.6 Å². The number of anilines is 2. The predicted octanol–water partition coefficient (Wildman–Crippen LogP) is 4.89. The molecule has 222 valence electrons. The van der Waals surface area contributed by atoms with Crippen LogP contribution in [-0.2, 0) is 22.5 Å². The SMILES string of the molecule is CCOC(=O)C(N=Cc1c(C(F)F)cc(-c2ccc(N3CCN4CCC3C4)cc2)c(C)c1N)c1ncn2c1C[C@@H](F)C2. The van der Waals surface area contributed by atoms with Crippen LogP contribution in [0.5, 0.6) is 0 Å². The molecule has 6 rings (SSSR count). The summed E-state index contributed by atoms with van der Waals surface area (Å²) in [6.45, 7) is 7.91. The van der Waals surface area contributed by atoms with Gasteiger partial charge in [-0.3, -0.25) is 9.89 Å². The van der Waals surface area contributed by atoms with Gasteiger partial charge in [0.15, 0.2) is 6.04 Å². The number of nitrogens with two attached hydrogens (primary N) is 1. The number of nitrogen functional groups attached to an aromatic ring is 1. The van der Waals surface area contributed by atoms with Gasteiger partial charge in [-0.1, -0.05) is 12.1 Å². The zero-order valence-corrected chi connectivity index (χ0v) is 23.8. The van der Waals surface area contributed by atoms with Crippen LogP contribution in [0, 0.1) is 6.92 Å². The number of imidazole rings is 1. The Bertz CT molecular complexity index is 1510. The van der Waals surface area contributed by atoms with Gasteiger partial charge in [-0.25, -0.2) is 22.9 Å². The second-order valence-electron chi connectivity index (χ2n) is 11.2. The number of aliphatic imine (C=N–C) groups is 1. The quantitative estimate of drug-likeness (QED) is 0.232. The normalized spacial score (nSPS) is 22.2. The van der Waals surface area contributed by atoms with Gasteiger partial charge in [0.05, 0.1) is 25.2 Å². The average Bonchev–Trinajstić information content (AvgIpc) is 3.65. The highest BCUT2D eigenvalue weighted by Gasteiger charge is 2.34. The molecule has 2 aromatic carbocycles. The number of esters is 1. The third kappa shape index (κ3) is 5.14. The van der Waals surface area contributed by atoms with Crippen LogP contribution in [0.4, 0.5) is 24.5 Å². The summed E-state index contributed by atoms with van der Waals surface area (Å²) in [6, 6.07) is 8.73. The molecule has 0 aliphatic carbocycles. The number of ether oxygens (including phenoxy) is 1. The van der Waals surface area contributed by atoms with E-state index in [4.69, 9.17) is 10.5 Å². The monoisotopic (exact) mass is 580 g/mol. The van der Waals surface area contributed by atoms with Crippen molar-refractivity contribution < 1.29 is 22.7 Å². The number of piperazine rings is 1. The first kappa shape index (κ1) is 28.3. The smallest absolute Gasteiger partial charge is 0.337 e. The summed E-state index contributed by atoms with van der Waals surface area (Å²) in [6.07, 6.45) is -0.0255. The number of benzene rings is 2. The maximum atomic E-state index is 14.5. The van der Waals surface area contributed by atoms with Gasteiger partial charge in [-0.05, 0) is 55.2 Å². The number of hydrogen-bond donors (Lipinski definition) is 1. The minimum absolute atomic E-state index is 0.0375. The molecule has 0 saturated carbocycles. The lowest BCUT2D eigenvalue weighted by atomic mass is 9.92. The summed E-state index contributed by atoms with van der Waals surface area (Å²) in [5.41, 5.74) is 10.3. The van der Waals surface area contributed by atoms with E-state index in [1.165, 1.54) is 18.6 Å². The van der Waals surface area contributed by atoms with Gasteiger partial charge < -0.3 is 19.9 Å². The van der Waals surface area contributed by atoms with Gasteiger partial charge in [0.25, 0.3) is 6.43 Å². The van der Waals surface area contributed by atoms with E-state index in [-0.39, 0.29) is 42.1 Å². The fourth-order valence-corrected chi connectivity index (χ4v) is 6.47. The Morgan fingerprint density at radius 2 is 2.00 bits per heavy atom. The number of fused-ring (bicyclic) bond motifs is 3. The first-order valence-corrected chi connectivity index (χ1v) is 14.4. The number of nitrogens with zero attached hydrogens (tertiary/aromatic N) is 5. The third-order valence-electron chi connectivity index (χ3n) is 8.71. The van der Waals surface area contributed by atoms with E-state index in [1.807, 2.05) is 24.3 Å². The van der Waals surface area contributed by atoms with E-state index < -0.39 is 24.6 Å². The predicted molar refractivity (Wildman–Crippen MR) is 156 cm³/mol. The highest BCUT2D eigenvalue weighted by atomic mass is 19.3. The lowest BCUT2D eigenvalue weighted by molar-refractivity contribution is -0.144. The van der Waals surface area contributed by atoms with Gasteiger partial charge in [-0.15, -0.1) is 0 Å². The number of rotatable bonds is 8. The number of hydrogen-bond acceptors (Lipinski definition) is 7. The molecule has 1 aromatic heterocycles. The minimum Gasteiger partial charge on any atom is -0.464 e. The number of halogens is 3. The summed E-state index contributed by atoms with van der Waals surface area (Å²) in [4.78, 5) is 26.4. The summed E-state index contributed by atoms with van der Waals surface area (Å²) in [5.74, 6) is -0.692. The van der Waals surface area contributed by atoms with Crippen LogP contribution in [0.3, 0.4) is 0 Å². The second-order valence-corrected chi connectivity index (χ2v) is 11.2. The zero-order chi connectivity index (χ0) is 29.5. The zero-order valence-electron chi connectivity index (χ0n) is 23.8. The largest absolute Gasteiger partial charge is 0.464 e. The topological polar surface area (TPSA) is 89.0 Å². The highest BCUT2D eigenvalue weighted by Crippen LogP contribution is 2.38. The lowest BCUT2D eigenvalue weighted by Gasteiger charge is -2.36. The van der Waals surface area contributed by atoms with Crippen molar-refractivity contribution in [2.45, 2.75) is 57.9 Å². The molecular formula is C31H35F3N6O2. The van der Waals surface area contributed by atoms with E-state index in [0.29, 0.717) is 22.9 Å². The molecule has 0 amide bonds. The summed E-state index contributed by atoms with van der Waals surface area (Å²) >= 11 is 0. The Labute approximate surface area is 243 Å². The van der Waals surface area contributed by atoms with Gasteiger partial charge >= 0.3 is 5.97 Å². The molecule has 42 heavy (non-hydrogen) atoms. The Morgan fingerprint density at radius 3 is 2.74 bits per heavy atom. The molecule has 4 heterocycles. The lowest BCUT2D eigenvalue weighted by Crippen LogP contribution is -2.46. The van der Waals surface area contributed by atoms with Crippen molar-refractivity contribution in [3.63, 3.8) is 0 Å². The molecule has 2 saturated heterocycles. The fraction of sp³-hybridized carbons (Fsp3) is 0.452. The van der Waals surface area contributed by atoms with Crippen molar-refractivity contribution in [1.29, 1.82) is 0 Å². The Balaban J connectivity index is 1.33. The van der Waals surface area contributed by atoms with E-state index in [0.717, 1.165) is 43.9 Å². The van der Waals surface area contributed by atoms with Gasteiger partial charge in [-0.2, -0.15) is 0 Å². The van der Waals surface area contributed by atoms with Crippen molar-refractivity contribution in [2.75, 3.05) is 43.4 Å². The van der Waals surface area contributed by atoms with Crippen molar-refractivity contribution in [1.82, 2.24) is 14.5 Å². The van der Waals surface area contributed by atoms with Crippen LogP contribution >= 0.6 is 0 Å². The summed E-state index contributed by atoms with van der Waals surface area (Å²) in [7, 11) is 0. The highest BCUT2D eigenvalue weighted by molar-refractivity contribution is 5.94. The van der Waals surface area contributed by atoms with Gasteiger partial charge in [0.1, 0.15) is 6.17 Å². The maximum absolute atomic E-state index is 14.5. The van der Waals surface area contributed by atoms with E-state index in [1.54, 1.807) is 18.4 Å². The number of carbonyl (C=O) groups excluding carboxylic acids is 1. The summed E-state index contributed by atoms with van der Waals surface area (Å²) in [5, 5.41) is 0. The molecule has 8 nitrogen and oxygen atoms in total. The van der Waals surface area contributed by atoms with Crippen LogP contribution in [0.1, 0.15) is 53.9 Å². The fourth-order valence-electron chi connectivity index (χ4n) is 6.47. The number of aromatic nitrogens is 2. The minimum atomic E-state index is -2.84. The molecular weight excluding hydrogens is 545 g/mol. The van der Waals surface area contributed by atoms with Crippen molar-refractivity contribution in [2.24, 2.45) is 4.99 Å². The molecule has 3 aliphatic heterocycles. The first-order valence-electron chi connectivity index (χ1n) is 14.4. The van der Waals surface area contributed by atoms with Crippen LogP contribution in [0.15, 0.2) is 41.7 Å². The summed E-state index contributed by atoms with van der Waals surface area (Å²) < 4.78 is 49.8. The Kier molecular flexibility index (Phi) is 7.69. The number of carbonyl (C=O) groups is 1. The molecule has 2 N–H and O–H groups in total. The van der Waals surface area contributed by atoms with Gasteiger partial charge in [0.2, 0.25) is 0 Å². The Hall–Kier alpha value is -3.86. The van der Waals surface area contributed by atoms with Crippen molar-refractivity contribution in [3.05, 3.63) is 64.7 Å². The average molecular weight is 581 g/mol. The third-order valence-corrected chi connectivity index (χ3v) is 8.71. The van der Waals surface area contributed by atoms with Crippen molar-refractivity contribution in [3.8, 4) is 11.1 Å². The first-order chi connectivity index (χ1) is 20.2. The molecule has 0 spiro atoms. The van der Waals surface area contributed by atoms with E-state index in [2.05, 4.69) is 19.8 Å². The molecule has 3 unspecified atom stereocenters.